The highest BCUT2D eigenvalue weighted by Crippen LogP contribution is 2.19. The first-order chi connectivity index (χ1) is 12.6. The largest absolute Gasteiger partial charge is 0.481 e. The predicted molar refractivity (Wildman–Crippen MR) is 107 cm³/mol. The molecule has 26 heavy (non-hydrogen) atoms. The number of aliphatic carboxylic acids is 1. The van der Waals surface area contributed by atoms with Crippen LogP contribution in [0.25, 0.3) is 11.1 Å². The van der Waals surface area contributed by atoms with Crippen LogP contribution >= 0.6 is 12.6 Å². The molecular formula is C21H25NO3S. The molecule has 1 amide bonds. The Labute approximate surface area is 160 Å². The number of nitrogens with one attached hydrogen (secondary N) is 1. The number of hydrogen-bond donors (Lipinski definition) is 3. The van der Waals surface area contributed by atoms with Gasteiger partial charge in [-0.3, -0.25) is 9.59 Å². The second-order valence-electron chi connectivity index (χ2n) is 6.26. The Morgan fingerprint density at radius 3 is 2.27 bits per heavy atom. The summed E-state index contributed by atoms with van der Waals surface area (Å²) in [7, 11) is 0. The van der Waals surface area contributed by atoms with Crippen LogP contribution in [0.2, 0.25) is 0 Å². The SMILES string of the molecule is O=C(O)CC(CCCS)C(=O)NCCc1ccc(-c2ccccc2)cc1. The van der Waals surface area contributed by atoms with Gasteiger partial charge in [0, 0.05) is 12.5 Å². The van der Waals surface area contributed by atoms with E-state index in [4.69, 9.17) is 5.11 Å². The van der Waals surface area contributed by atoms with E-state index in [9.17, 15) is 9.59 Å². The molecule has 2 N–H and O–H groups in total. The highest BCUT2D eigenvalue weighted by Gasteiger charge is 2.20. The van der Waals surface area contributed by atoms with Crippen molar-refractivity contribution < 1.29 is 14.7 Å². The van der Waals surface area contributed by atoms with Crippen molar-refractivity contribution in [2.45, 2.75) is 25.7 Å². The minimum absolute atomic E-state index is 0.134. The third-order valence-electron chi connectivity index (χ3n) is 4.28. The first-order valence-electron chi connectivity index (χ1n) is 8.85. The Bertz CT molecular complexity index is 701. The maximum atomic E-state index is 12.2. The maximum absolute atomic E-state index is 12.2. The first kappa shape index (κ1) is 20.0. The van der Waals surface area contributed by atoms with E-state index >= 15 is 0 Å². The number of benzene rings is 2. The van der Waals surface area contributed by atoms with Crippen LogP contribution in [0.4, 0.5) is 0 Å². The Hall–Kier alpha value is -2.27. The molecule has 2 aromatic rings. The van der Waals surface area contributed by atoms with Gasteiger partial charge in [-0.05, 0) is 41.7 Å². The number of carboxylic acids is 1. The molecule has 0 heterocycles. The minimum Gasteiger partial charge on any atom is -0.481 e. The van der Waals surface area contributed by atoms with Crippen LogP contribution in [0.1, 0.15) is 24.8 Å². The van der Waals surface area contributed by atoms with Crippen molar-refractivity contribution in [2.24, 2.45) is 5.92 Å². The zero-order valence-corrected chi connectivity index (χ0v) is 15.6. The summed E-state index contributed by atoms with van der Waals surface area (Å²) in [6, 6.07) is 18.4. The van der Waals surface area contributed by atoms with Gasteiger partial charge in [0.2, 0.25) is 5.91 Å². The average Bonchev–Trinajstić information content (AvgIpc) is 2.66. The van der Waals surface area contributed by atoms with E-state index in [1.165, 1.54) is 5.56 Å². The molecule has 0 aliphatic carbocycles. The van der Waals surface area contributed by atoms with E-state index in [0.29, 0.717) is 25.1 Å². The summed E-state index contributed by atoms with van der Waals surface area (Å²) in [4.78, 5) is 23.1. The number of carbonyl (C=O) groups excluding carboxylic acids is 1. The summed E-state index contributed by atoms with van der Waals surface area (Å²) in [5.41, 5.74) is 3.47. The highest BCUT2D eigenvalue weighted by molar-refractivity contribution is 7.80. The zero-order valence-electron chi connectivity index (χ0n) is 14.7. The van der Waals surface area contributed by atoms with Gasteiger partial charge in [-0.1, -0.05) is 54.6 Å². The molecule has 138 valence electrons. The maximum Gasteiger partial charge on any atom is 0.304 e. The molecule has 0 aromatic heterocycles. The van der Waals surface area contributed by atoms with Gasteiger partial charge in [0.15, 0.2) is 0 Å². The van der Waals surface area contributed by atoms with Crippen LogP contribution in [0, 0.1) is 5.92 Å². The van der Waals surface area contributed by atoms with Crippen LogP contribution in [-0.4, -0.2) is 29.3 Å². The molecule has 2 aromatic carbocycles. The molecule has 0 spiro atoms. The summed E-state index contributed by atoms with van der Waals surface area (Å²) in [5, 5.41) is 11.8. The summed E-state index contributed by atoms with van der Waals surface area (Å²) < 4.78 is 0. The van der Waals surface area contributed by atoms with Crippen molar-refractivity contribution in [3.63, 3.8) is 0 Å². The van der Waals surface area contributed by atoms with Crippen molar-refractivity contribution >= 4 is 24.5 Å². The van der Waals surface area contributed by atoms with Crippen LogP contribution < -0.4 is 5.32 Å². The summed E-state index contributed by atoms with van der Waals surface area (Å²) >= 11 is 4.13. The molecule has 0 fully saturated rings. The van der Waals surface area contributed by atoms with E-state index < -0.39 is 11.9 Å². The average molecular weight is 372 g/mol. The molecule has 0 aliphatic heterocycles. The summed E-state index contributed by atoms with van der Waals surface area (Å²) in [6.45, 7) is 0.501. The van der Waals surface area contributed by atoms with Crippen LogP contribution in [0.5, 0.6) is 0 Å². The van der Waals surface area contributed by atoms with Gasteiger partial charge in [-0.15, -0.1) is 0 Å². The van der Waals surface area contributed by atoms with Gasteiger partial charge >= 0.3 is 5.97 Å². The van der Waals surface area contributed by atoms with Gasteiger partial charge in [0.25, 0.3) is 0 Å². The number of hydrogen-bond acceptors (Lipinski definition) is 3. The van der Waals surface area contributed by atoms with Crippen LogP contribution in [0.15, 0.2) is 54.6 Å². The lowest BCUT2D eigenvalue weighted by Crippen LogP contribution is -2.33. The molecular weight excluding hydrogens is 346 g/mol. The van der Waals surface area contributed by atoms with Crippen molar-refractivity contribution in [3.05, 3.63) is 60.2 Å². The number of amides is 1. The Morgan fingerprint density at radius 2 is 1.65 bits per heavy atom. The van der Waals surface area contributed by atoms with Crippen molar-refractivity contribution in [2.75, 3.05) is 12.3 Å². The molecule has 2 rings (SSSR count). The third-order valence-corrected chi connectivity index (χ3v) is 4.59. The lowest BCUT2D eigenvalue weighted by Gasteiger charge is -2.14. The molecule has 5 heteroatoms. The second-order valence-corrected chi connectivity index (χ2v) is 6.71. The monoisotopic (exact) mass is 371 g/mol. The Kier molecular flexibility index (Phi) is 8.22. The van der Waals surface area contributed by atoms with Crippen LogP contribution in [-0.2, 0) is 16.0 Å². The quantitative estimate of drug-likeness (QED) is 0.556. The van der Waals surface area contributed by atoms with E-state index in [0.717, 1.165) is 17.5 Å². The topological polar surface area (TPSA) is 66.4 Å². The van der Waals surface area contributed by atoms with Crippen molar-refractivity contribution in [1.29, 1.82) is 0 Å². The van der Waals surface area contributed by atoms with E-state index in [1.807, 2.05) is 18.2 Å². The lowest BCUT2D eigenvalue weighted by molar-refractivity contribution is -0.141. The molecule has 0 bridgehead atoms. The van der Waals surface area contributed by atoms with Gasteiger partial charge in [-0.25, -0.2) is 0 Å². The van der Waals surface area contributed by atoms with Gasteiger partial charge in [0.1, 0.15) is 0 Å². The Morgan fingerprint density at radius 1 is 1.00 bits per heavy atom. The molecule has 0 saturated carbocycles. The fourth-order valence-corrected chi connectivity index (χ4v) is 3.03. The van der Waals surface area contributed by atoms with Crippen molar-refractivity contribution in [1.82, 2.24) is 5.32 Å². The van der Waals surface area contributed by atoms with E-state index in [-0.39, 0.29) is 12.3 Å². The number of thiol groups is 1. The molecule has 0 saturated heterocycles. The fraction of sp³-hybridized carbons (Fsp3) is 0.333. The van der Waals surface area contributed by atoms with Crippen molar-refractivity contribution in [3.8, 4) is 11.1 Å². The van der Waals surface area contributed by atoms with Crippen LogP contribution in [0.3, 0.4) is 0 Å². The lowest BCUT2D eigenvalue weighted by atomic mass is 9.98. The molecule has 1 atom stereocenters. The Balaban J connectivity index is 1.84. The van der Waals surface area contributed by atoms with Gasteiger partial charge in [-0.2, -0.15) is 12.6 Å². The van der Waals surface area contributed by atoms with Gasteiger partial charge < -0.3 is 10.4 Å². The standard InChI is InChI=1S/C21H25NO3S/c23-20(24)15-19(7-4-14-26)21(25)22-13-12-16-8-10-18(11-9-16)17-5-2-1-3-6-17/h1-3,5-6,8-11,19,26H,4,7,12-15H2,(H,22,25)(H,23,24). The predicted octanol–water partition coefficient (Wildman–Crippen LogP) is 3.81. The second kappa shape index (κ2) is 10.7. The number of carbonyl (C=O) groups is 2. The minimum atomic E-state index is -0.944. The molecule has 0 aliphatic rings. The third kappa shape index (κ3) is 6.56. The highest BCUT2D eigenvalue weighted by atomic mass is 32.1. The molecule has 4 nitrogen and oxygen atoms in total. The summed E-state index contributed by atoms with van der Waals surface area (Å²) in [6.07, 6.45) is 1.86. The normalized spacial score (nSPS) is 11.7. The number of carboxylic acid groups (broad SMARTS) is 1. The van der Waals surface area contributed by atoms with Gasteiger partial charge in [0.05, 0.1) is 6.42 Å². The number of rotatable bonds is 10. The molecule has 0 radical (unpaired) electrons. The smallest absolute Gasteiger partial charge is 0.304 e. The molecule has 1 unspecified atom stereocenters. The summed E-state index contributed by atoms with van der Waals surface area (Å²) in [5.74, 6) is -0.965. The zero-order chi connectivity index (χ0) is 18.8. The van der Waals surface area contributed by atoms with E-state index in [1.54, 1.807) is 0 Å². The first-order valence-corrected chi connectivity index (χ1v) is 9.48. The van der Waals surface area contributed by atoms with E-state index in [2.05, 4.69) is 54.3 Å². The fourth-order valence-electron chi connectivity index (χ4n) is 2.84.